The molecule has 0 saturated heterocycles. The van der Waals surface area contributed by atoms with Gasteiger partial charge < -0.3 is 19.4 Å². The second-order valence-corrected chi connectivity index (χ2v) is 8.15. The maximum atomic E-state index is 13.1. The van der Waals surface area contributed by atoms with Crippen molar-refractivity contribution in [2.24, 2.45) is 7.05 Å². The number of hydrogen-bond donors (Lipinski definition) is 1. The van der Waals surface area contributed by atoms with Gasteiger partial charge in [-0.25, -0.2) is 0 Å². The Morgan fingerprint density at radius 3 is 2.61 bits per heavy atom. The molecule has 0 saturated carbocycles. The fraction of sp³-hybridized carbons (Fsp3) is 0.261. The molecule has 0 aliphatic carbocycles. The third-order valence-corrected chi connectivity index (χ3v) is 6.43. The van der Waals surface area contributed by atoms with Crippen LogP contribution in [0.25, 0.3) is 0 Å². The highest BCUT2D eigenvalue weighted by atomic mass is 32.2. The van der Waals surface area contributed by atoms with Gasteiger partial charge in [-0.15, -0.1) is 0 Å². The lowest BCUT2D eigenvalue weighted by Gasteiger charge is -2.28. The lowest BCUT2D eigenvalue weighted by molar-refractivity contribution is -0.116. The summed E-state index contributed by atoms with van der Waals surface area (Å²) in [5.74, 6) is 1.74. The third kappa shape index (κ3) is 4.16. The minimum Gasteiger partial charge on any atom is -0.497 e. The van der Waals surface area contributed by atoms with Gasteiger partial charge in [-0.2, -0.15) is 4.98 Å². The van der Waals surface area contributed by atoms with E-state index in [-0.39, 0.29) is 17.9 Å². The Morgan fingerprint density at radius 2 is 1.90 bits per heavy atom. The molecule has 4 rings (SSSR count). The van der Waals surface area contributed by atoms with Crippen LogP contribution in [0.2, 0.25) is 0 Å². The number of ether oxygens (including phenoxy) is 2. The Morgan fingerprint density at radius 1 is 1.13 bits per heavy atom. The average molecular weight is 438 g/mol. The molecule has 1 aliphatic heterocycles. The van der Waals surface area contributed by atoms with Crippen molar-refractivity contribution < 1.29 is 14.3 Å². The molecule has 31 heavy (non-hydrogen) atoms. The molecular weight excluding hydrogens is 414 g/mol. The maximum absolute atomic E-state index is 13.1. The number of carbonyl (C=O) groups excluding carboxylic acids is 1. The molecule has 8 heteroatoms. The van der Waals surface area contributed by atoms with Gasteiger partial charge in [-0.05, 0) is 11.6 Å². The van der Waals surface area contributed by atoms with Crippen molar-refractivity contribution in [3.05, 3.63) is 75.6 Å². The quantitative estimate of drug-likeness (QED) is 0.469. The minimum absolute atomic E-state index is 0.142. The van der Waals surface area contributed by atoms with Crippen LogP contribution in [-0.2, 0) is 17.6 Å². The number of thioether (sulfide) groups is 1. The predicted molar refractivity (Wildman–Crippen MR) is 120 cm³/mol. The molecule has 1 atom stereocenters. The van der Waals surface area contributed by atoms with Crippen LogP contribution in [-0.4, -0.2) is 29.7 Å². The monoisotopic (exact) mass is 437 g/mol. The second kappa shape index (κ2) is 8.85. The van der Waals surface area contributed by atoms with Crippen molar-refractivity contribution in [3.8, 4) is 11.5 Å². The van der Waals surface area contributed by atoms with Gasteiger partial charge in [0.2, 0.25) is 5.91 Å². The van der Waals surface area contributed by atoms with Crippen LogP contribution < -0.4 is 20.3 Å². The number of fused-ring (bicyclic) bond motifs is 1. The number of rotatable bonds is 6. The molecule has 0 spiro atoms. The smallest absolute Gasteiger partial charge is 0.279 e. The van der Waals surface area contributed by atoms with Crippen LogP contribution in [0, 0.1) is 0 Å². The molecule has 1 N–H and O–H groups in total. The van der Waals surface area contributed by atoms with E-state index in [9.17, 15) is 9.59 Å². The summed E-state index contributed by atoms with van der Waals surface area (Å²) in [5, 5.41) is 3.42. The molecule has 3 aromatic rings. The van der Waals surface area contributed by atoms with Gasteiger partial charge in [0.1, 0.15) is 17.3 Å². The zero-order chi connectivity index (χ0) is 22.0. The van der Waals surface area contributed by atoms with Crippen LogP contribution in [0.3, 0.4) is 0 Å². The standard InChI is InChI=1S/C23H23N3O4S/c1-26-21-20(22(28)25-23(26)31-13-14-7-5-4-6-8-14)17(12-19(27)24-21)16-10-9-15(29-2)11-18(16)30-3/h4-11,17H,12-13H2,1-3H3,(H,24,27). The lowest BCUT2D eigenvalue weighted by atomic mass is 9.86. The fourth-order valence-corrected chi connectivity index (χ4v) is 4.68. The molecule has 0 radical (unpaired) electrons. The van der Waals surface area contributed by atoms with Crippen LogP contribution in [0.4, 0.5) is 5.82 Å². The Labute approximate surface area is 184 Å². The molecule has 2 aromatic carbocycles. The van der Waals surface area contributed by atoms with Gasteiger partial charge in [0, 0.05) is 36.8 Å². The van der Waals surface area contributed by atoms with E-state index in [1.807, 2.05) is 43.4 Å². The molecule has 2 heterocycles. The van der Waals surface area contributed by atoms with Crippen LogP contribution >= 0.6 is 11.8 Å². The van der Waals surface area contributed by atoms with Crippen molar-refractivity contribution >= 4 is 23.5 Å². The Kier molecular flexibility index (Phi) is 5.99. The first-order chi connectivity index (χ1) is 15.0. The molecule has 7 nitrogen and oxygen atoms in total. The number of nitrogens with one attached hydrogen (secondary N) is 1. The molecule has 0 bridgehead atoms. The van der Waals surface area contributed by atoms with E-state index in [1.54, 1.807) is 30.9 Å². The average Bonchev–Trinajstić information content (AvgIpc) is 2.80. The summed E-state index contributed by atoms with van der Waals surface area (Å²) in [6, 6.07) is 15.3. The highest BCUT2D eigenvalue weighted by Crippen LogP contribution is 2.40. The van der Waals surface area contributed by atoms with Crippen LogP contribution in [0.15, 0.2) is 58.5 Å². The summed E-state index contributed by atoms with van der Waals surface area (Å²) in [6.07, 6.45) is 0.142. The first kappa shape index (κ1) is 21.0. The third-order valence-electron chi connectivity index (χ3n) is 5.33. The predicted octanol–water partition coefficient (Wildman–Crippen LogP) is 3.56. The number of nitrogens with zero attached hydrogens (tertiary/aromatic N) is 2. The zero-order valence-corrected chi connectivity index (χ0v) is 18.4. The second-order valence-electron chi connectivity index (χ2n) is 7.21. The highest BCUT2D eigenvalue weighted by molar-refractivity contribution is 7.98. The number of benzene rings is 2. The van der Waals surface area contributed by atoms with Gasteiger partial charge in [0.05, 0.1) is 19.8 Å². The molecule has 1 unspecified atom stereocenters. The Balaban J connectivity index is 1.75. The number of hydrogen-bond acceptors (Lipinski definition) is 6. The van der Waals surface area contributed by atoms with E-state index in [1.165, 1.54) is 11.8 Å². The summed E-state index contributed by atoms with van der Waals surface area (Å²) >= 11 is 1.46. The van der Waals surface area contributed by atoms with E-state index in [4.69, 9.17) is 9.47 Å². The van der Waals surface area contributed by atoms with Crippen molar-refractivity contribution in [2.45, 2.75) is 23.2 Å². The summed E-state index contributed by atoms with van der Waals surface area (Å²) in [5.41, 5.74) is 2.01. The number of carbonyl (C=O) groups is 1. The minimum atomic E-state index is -0.455. The highest BCUT2D eigenvalue weighted by Gasteiger charge is 2.33. The molecule has 1 amide bonds. The Hall–Kier alpha value is -3.26. The van der Waals surface area contributed by atoms with E-state index in [0.29, 0.717) is 33.8 Å². The van der Waals surface area contributed by atoms with Gasteiger partial charge in [0.25, 0.3) is 5.56 Å². The molecule has 0 fully saturated rings. The SMILES string of the molecule is COc1ccc(C2CC(=O)Nc3c2c(=O)nc(SCc2ccccc2)n3C)c(OC)c1. The number of anilines is 1. The van der Waals surface area contributed by atoms with Gasteiger partial charge >= 0.3 is 0 Å². The van der Waals surface area contributed by atoms with Gasteiger partial charge in [-0.3, -0.25) is 9.59 Å². The fourth-order valence-electron chi connectivity index (χ4n) is 3.76. The first-order valence-electron chi connectivity index (χ1n) is 9.81. The normalized spacial score (nSPS) is 15.2. The van der Waals surface area contributed by atoms with E-state index >= 15 is 0 Å². The largest absolute Gasteiger partial charge is 0.497 e. The lowest BCUT2D eigenvalue weighted by Crippen LogP contribution is -2.33. The zero-order valence-electron chi connectivity index (χ0n) is 17.5. The van der Waals surface area contributed by atoms with E-state index < -0.39 is 5.92 Å². The molecule has 1 aromatic heterocycles. The topological polar surface area (TPSA) is 82.5 Å². The van der Waals surface area contributed by atoms with Crippen molar-refractivity contribution in [1.82, 2.24) is 9.55 Å². The van der Waals surface area contributed by atoms with E-state index in [0.717, 1.165) is 11.1 Å². The van der Waals surface area contributed by atoms with Crippen molar-refractivity contribution in [2.75, 3.05) is 19.5 Å². The Bertz CT molecular complexity index is 1180. The summed E-state index contributed by atoms with van der Waals surface area (Å²) in [4.78, 5) is 30.0. The van der Waals surface area contributed by atoms with Gasteiger partial charge in [-0.1, -0.05) is 48.2 Å². The van der Waals surface area contributed by atoms with E-state index in [2.05, 4.69) is 10.3 Å². The summed E-state index contributed by atoms with van der Waals surface area (Å²) in [6.45, 7) is 0. The van der Waals surface area contributed by atoms with Crippen molar-refractivity contribution in [1.29, 1.82) is 0 Å². The van der Waals surface area contributed by atoms with Crippen LogP contribution in [0.1, 0.15) is 29.0 Å². The summed E-state index contributed by atoms with van der Waals surface area (Å²) in [7, 11) is 4.94. The number of methoxy groups -OCH3 is 2. The molecule has 160 valence electrons. The van der Waals surface area contributed by atoms with Gasteiger partial charge in [0.15, 0.2) is 5.16 Å². The number of aromatic nitrogens is 2. The maximum Gasteiger partial charge on any atom is 0.279 e. The molecule has 1 aliphatic rings. The number of amides is 1. The first-order valence-corrected chi connectivity index (χ1v) is 10.8. The van der Waals surface area contributed by atoms with Crippen molar-refractivity contribution in [3.63, 3.8) is 0 Å². The summed E-state index contributed by atoms with van der Waals surface area (Å²) < 4.78 is 12.6. The van der Waals surface area contributed by atoms with Crippen LogP contribution in [0.5, 0.6) is 11.5 Å². The molecular formula is C23H23N3O4S.